The van der Waals surface area contributed by atoms with Crippen molar-refractivity contribution in [3.8, 4) is 5.75 Å². The van der Waals surface area contributed by atoms with Crippen LogP contribution in [-0.2, 0) is 0 Å². The maximum Gasteiger partial charge on any atom is 0.494 e. The van der Waals surface area contributed by atoms with Crippen LogP contribution in [0, 0.1) is 17.5 Å². The first kappa shape index (κ1) is 11.9. The minimum Gasteiger partial charge on any atom is -0.488 e. The Kier molecular flexibility index (Phi) is 3.59. The second-order valence-corrected chi connectivity index (χ2v) is 2.70. The Labute approximate surface area is 84.3 Å². The van der Waals surface area contributed by atoms with E-state index in [1.54, 1.807) is 0 Å². The van der Waals surface area contributed by atoms with Crippen molar-refractivity contribution in [1.82, 2.24) is 0 Å². The van der Waals surface area contributed by atoms with Crippen molar-refractivity contribution < 1.29 is 28.0 Å². The second kappa shape index (κ2) is 4.54. The summed E-state index contributed by atoms with van der Waals surface area (Å²) in [4.78, 5) is 0. The zero-order valence-electron chi connectivity index (χ0n) is 7.80. The average Bonchev–Trinajstić information content (AvgIpc) is 2.11. The van der Waals surface area contributed by atoms with Crippen molar-refractivity contribution in [2.75, 3.05) is 6.61 Å². The van der Waals surface area contributed by atoms with Gasteiger partial charge in [-0.3, -0.25) is 0 Å². The molecule has 1 aromatic carbocycles. The molecular formula is C8H8BF3O3. The lowest BCUT2D eigenvalue weighted by molar-refractivity contribution is 0.301. The molecule has 2 N–H and O–H groups in total. The minimum atomic E-state index is -2.36. The fraction of sp³-hybridized carbons (Fsp3) is 0.250. The van der Waals surface area contributed by atoms with E-state index in [-0.39, 0.29) is 6.61 Å². The van der Waals surface area contributed by atoms with Crippen molar-refractivity contribution in [2.24, 2.45) is 0 Å². The SMILES string of the molecule is CCOc1c(F)cc(F)c(B(O)O)c1F. The molecule has 0 atom stereocenters. The molecule has 0 saturated heterocycles. The van der Waals surface area contributed by atoms with Gasteiger partial charge < -0.3 is 14.8 Å². The number of rotatable bonds is 3. The van der Waals surface area contributed by atoms with Crippen LogP contribution in [0.3, 0.4) is 0 Å². The molecule has 0 saturated carbocycles. The highest BCUT2D eigenvalue weighted by molar-refractivity contribution is 6.58. The Morgan fingerprint density at radius 1 is 1.27 bits per heavy atom. The first-order chi connectivity index (χ1) is 6.99. The summed E-state index contributed by atoms with van der Waals surface area (Å²) in [5.41, 5.74) is -1.03. The molecule has 15 heavy (non-hydrogen) atoms. The fourth-order valence-corrected chi connectivity index (χ4v) is 1.10. The Morgan fingerprint density at radius 2 is 1.87 bits per heavy atom. The normalized spacial score (nSPS) is 10.3. The number of halogens is 3. The number of benzene rings is 1. The van der Waals surface area contributed by atoms with E-state index in [2.05, 4.69) is 4.74 Å². The highest BCUT2D eigenvalue weighted by Gasteiger charge is 2.27. The van der Waals surface area contributed by atoms with E-state index >= 15 is 0 Å². The van der Waals surface area contributed by atoms with E-state index in [0.717, 1.165) is 0 Å². The van der Waals surface area contributed by atoms with Crippen LogP contribution in [0.2, 0.25) is 0 Å². The Morgan fingerprint density at radius 3 is 2.33 bits per heavy atom. The predicted molar refractivity (Wildman–Crippen MR) is 47.3 cm³/mol. The molecule has 0 heterocycles. The zero-order valence-corrected chi connectivity index (χ0v) is 7.80. The molecule has 0 bridgehead atoms. The lowest BCUT2D eigenvalue weighted by Crippen LogP contribution is -2.36. The van der Waals surface area contributed by atoms with Crippen molar-refractivity contribution in [1.29, 1.82) is 0 Å². The highest BCUT2D eigenvalue weighted by Crippen LogP contribution is 2.21. The number of ether oxygens (including phenoxy) is 1. The Balaban J connectivity index is 3.35. The van der Waals surface area contributed by atoms with Gasteiger partial charge in [-0.25, -0.2) is 13.2 Å². The van der Waals surface area contributed by atoms with E-state index < -0.39 is 35.8 Å². The highest BCUT2D eigenvalue weighted by atomic mass is 19.1. The molecule has 0 spiro atoms. The molecule has 3 nitrogen and oxygen atoms in total. The summed E-state index contributed by atoms with van der Waals surface area (Å²) in [6.07, 6.45) is 0. The maximum absolute atomic E-state index is 13.3. The molecule has 1 rings (SSSR count). The third-order valence-electron chi connectivity index (χ3n) is 1.71. The van der Waals surface area contributed by atoms with Crippen LogP contribution in [0.5, 0.6) is 5.75 Å². The van der Waals surface area contributed by atoms with Crippen LogP contribution in [0.25, 0.3) is 0 Å². The molecule has 0 fully saturated rings. The lowest BCUT2D eigenvalue weighted by atomic mass is 9.79. The first-order valence-corrected chi connectivity index (χ1v) is 4.15. The van der Waals surface area contributed by atoms with Gasteiger partial charge in [0.25, 0.3) is 0 Å². The van der Waals surface area contributed by atoms with Gasteiger partial charge in [0.05, 0.1) is 12.1 Å². The van der Waals surface area contributed by atoms with Gasteiger partial charge in [0.2, 0.25) is 0 Å². The number of hydrogen-bond acceptors (Lipinski definition) is 3. The van der Waals surface area contributed by atoms with E-state index in [1.807, 2.05) is 0 Å². The van der Waals surface area contributed by atoms with Gasteiger partial charge in [-0.15, -0.1) is 0 Å². The standard InChI is InChI=1S/C8H8BF3O3/c1-2-15-8-5(11)3-4(10)6(7(8)12)9(13)14/h3,13-14H,2H2,1H3. The van der Waals surface area contributed by atoms with Crippen molar-refractivity contribution >= 4 is 12.6 Å². The van der Waals surface area contributed by atoms with Gasteiger partial charge in [-0.2, -0.15) is 0 Å². The molecule has 0 radical (unpaired) electrons. The quantitative estimate of drug-likeness (QED) is 0.714. The molecule has 0 aliphatic rings. The molecular weight excluding hydrogens is 212 g/mol. The van der Waals surface area contributed by atoms with E-state index in [4.69, 9.17) is 10.0 Å². The molecule has 0 unspecified atom stereocenters. The summed E-state index contributed by atoms with van der Waals surface area (Å²) in [7, 11) is -2.36. The van der Waals surface area contributed by atoms with Crippen molar-refractivity contribution in [3.63, 3.8) is 0 Å². The van der Waals surface area contributed by atoms with Gasteiger partial charge in [0.1, 0.15) is 5.82 Å². The minimum absolute atomic E-state index is 0.0273. The average molecular weight is 220 g/mol. The van der Waals surface area contributed by atoms with Gasteiger partial charge in [-0.05, 0) is 6.92 Å². The maximum atomic E-state index is 13.3. The van der Waals surface area contributed by atoms with Gasteiger partial charge >= 0.3 is 7.12 Å². The molecule has 0 aromatic heterocycles. The number of hydrogen-bond donors (Lipinski definition) is 2. The Hall–Kier alpha value is -1.21. The summed E-state index contributed by atoms with van der Waals surface area (Å²) < 4.78 is 43.8. The summed E-state index contributed by atoms with van der Waals surface area (Å²) in [6, 6.07) is 0.336. The van der Waals surface area contributed by atoms with Crippen LogP contribution >= 0.6 is 0 Å². The Bertz CT molecular complexity index is 371. The fourth-order valence-electron chi connectivity index (χ4n) is 1.10. The van der Waals surface area contributed by atoms with Gasteiger partial charge in [0, 0.05) is 6.07 Å². The van der Waals surface area contributed by atoms with Crippen molar-refractivity contribution in [2.45, 2.75) is 6.92 Å². The van der Waals surface area contributed by atoms with Crippen LogP contribution in [0.4, 0.5) is 13.2 Å². The van der Waals surface area contributed by atoms with E-state index in [1.165, 1.54) is 6.92 Å². The van der Waals surface area contributed by atoms with Gasteiger partial charge in [0.15, 0.2) is 17.4 Å². The summed E-state index contributed by atoms with van der Waals surface area (Å²) in [5.74, 6) is -4.86. The van der Waals surface area contributed by atoms with E-state index in [9.17, 15) is 13.2 Å². The van der Waals surface area contributed by atoms with Crippen molar-refractivity contribution in [3.05, 3.63) is 23.5 Å². The zero-order chi connectivity index (χ0) is 11.6. The monoisotopic (exact) mass is 220 g/mol. The van der Waals surface area contributed by atoms with Gasteiger partial charge in [-0.1, -0.05) is 0 Å². The molecule has 0 aliphatic carbocycles. The van der Waals surface area contributed by atoms with Crippen LogP contribution in [0.15, 0.2) is 6.07 Å². The summed E-state index contributed by atoms with van der Waals surface area (Å²) >= 11 is 0. The summed E-state index contributed by atoms with van der Waals surface area (Å²) in [6.45, 7) is 1.46. The predicted octanol–water partition coefficient (Wildman–Crippen LogP) is 0.182. The largest absolute Gasteiger partial charge is 0.494 e. The van der Waals surface area contributed by atoms with Crippen LogP contribution in [0.1, 0.15) is 6.92 Å². The van der Waals surface area contributed by atoms with Crippen LogP contribution < -0.4 is 10.2 Å². The summed E-state index contributed by atoms with van der Waals surface area (Å²) in [5, 5.41) is 17.3. The van der Waals surface area contributed by atoms with Crippen LogP contribution in [-0.4, -0.2) is 23.8 Å². The molecule has 7 heteroatoms. The first-order valence-electron chi connectivity index (χ1n) is 4.15. The second-order valence-electron chi connectivity index (χ2n) is 2.70. The molecule has 0 amide bonds. The smallest absolute Gasteiger partial charge is 0.488 e. The molecule has 0 aliphatic heterocycles. The topological polar surface area (TPSA) is 49.7 Å². The third kappa shape index (κ3) is 2.24. The third-order valence-corrected chi connectivity index (χ3v) is 1.71. The van der Waals surface area contributed by atoms with E-state index in [0.29, 0.717) is 6.07 Å². The molecule has 82 valence electrons. The lowest BCUT2D eigenvalue weighted by Gasteiger charge is -2.10. The molecule has 1 aromatic rings.